The summed E-state index contributed by atoms with van der Waals surface area (Å²) in [6.07, 6.45) is 8.81. The topological polar surface area (TPSA) is 314 Å². The minimum absolute atomic E-state index is 0.0545. The van der Waals surface area contributed by atoms with Gasteiger partial charge in [-0.15, -0.1) is 0 Å². The molecule has 0 radical (unpaired) electrons. The number of benzene rings is 3. The van der Waals surface area contributed by atoms with Gasteiger partial charge in [0, 0.05) is 105 Å². The van der Waals surface area contributed by atoms with Gasteiger partial charge in [-0.1, -0.05) is 77.8 Å². The van der Waals surface area contributed by atoms with Crippen molar-refractivity contribution in [1.82, 2.24) is 41.4 Å². The number of primary amides is 1. The number of carbonyl (C=O) groups is 8. The van der Waals surface area contributed by atoms with Gasteiger partial charge in [0.05, 0.1) is 17.6 Å². The van der Waals surface area contributed by atoms with E-state index in [9.17, 15) is 38.4 Å². The maximum Gasteiger partial charge on any atom is 0.407 e. The molecule has 22 nitrogen and oxygen atoms in total. The number of amidine groups is 1. The Labute approximate surface area is 485 Å². The fourth-order valence-corrected chi connectivity index (χ4v) is 9.56. The van der Waals surface area contributed by atoms with Gasteiger partial charge in [-0.05, 0) is 103 Å². The molecule has 0 unspecified atom stereocenters. The lowest BCUT2D eigenvalue weighted by Gasteiger charge is -2.28. The molecule has 0 saturated carbocycles. The largest absolute Gasteiger partial charge is 0.445 e. The Balaban J connectivity index is 0.912. The molecule has 11 N–H and O–H groups in total. The lowest BCUT2D eigenvalue weighted by molar-refractivity contribution is -0.132. The van der Waals surface area contributed by atoms with Crippen LogP contribution in [0.2, 0.25) is 0 Å². The Morgan fingerprint density at radius 1 is 0.735 bits per heavy atom. The number of rotatable bonds is 29. The monoisotopic (exact) mass is 1140 g/mol. The number of nitrogens with one attached hydrogen (secondary N) is 7. The highest BCUT2D eigenvalue weighted by atomic mass is 16.5. The van der Waals surface area contributed by atoms with Crippen molar-refractivity contribution in [2.75, 3.05) is 49.9 Å². The van der Waals surface area contributed by atoms with Crippen LogP contribution in [0.5, 0.6) is 0 Å². The normalized spacial score (nSPS) is 13.5. The van der Waals surface area contributed by atoms with E-state index in [1.807, 2.05) is 49.9 Å². The number of hydrogen-bond donors (Lipinski definition) is 9. The van der Waals surface area contributed by atoms with Crippen molar-refractivity contribution < 1.29 is 43.1 Å². The van der Waals surface area contributed by atoms with E-state index in [1.54, 1.807) is 74.6 Å². The van der Waals surface area contributed by atoms with Crippen molar-refractivity contribution in [2.24, 2.45) is 22.4 Å². The van der Waals surface area contributed by atoms with Gasteiger partial charge in [0.1, 0.15) is 24.5 Å². The van der Waals surface area contributed by atoms with Gasteiger partial charge < -0.3 is 58.3 Å². The highest BCUT2D eigenvalue weighted by Gasteiger charge is 2.29. The molecular weight excluding hydrogens is 1060 g/mol. The summed E-state index contributed by atoms with van der Waals surface area (Å²) in [6.45, 7) is 13.5. The summed E-state index contributed by atoms with van der Waals surface area (Å²) in [6, 6.07) is 18.5. The molecular formula is C61H81N13O9. The predicted molar refractivity (Wildman–Crippen MR) is 319 cm³/mol. The zero-order chi connectivity index (χ0) is 59.8. The molecule has 22 heteroatoms. The van der Waals surface area contributed by atoms with E-state index >= 15 is 0 Å². The number of fused-ring (bicyclic) bond motifs is 2. The maximum atomic E-state index is 13.6. The number of aliphatic imine (C=N–C) groups is 1. The molecule has 2 atom stereocenters. The van der Waals surface area contributed by atoms with Crippen LogP contribution < -0.4 is 48.7 Å². The van der Waals surface area contributed by atoms with Gasteiger partial charge in [-0.3, -0.25) is 38.7 Å². The standard InChI is InChI=1S/C61H81N13O9/c1-6-9-10-13-53(75)72-54(39(4)5)58(79)71-50(12-11-25-65-60(63)81)57(78)68-47-22-16-41(17-23-47)38-83-61(82)66-27-26-64-55(76)42-18-14-40(15-19-42)36-73-30-24-49-46(37-73)32-48(35-67-49)69-56(77)44-21-20-43-31-45(34-52(62)70-51(43)33-44)59(80)74(28-7-2)29-8-3/h14-23,31-33,35,39,50,54H,6-13,24-30,34,36-38H2,1-5H3,(H2,62,70)(H,64,76)(H,66,82)(H,68,78)(H,69,77)(H,71,79)(H,72,75)(H3,63,65,81)/t50-,54-/m0/s1. The molecule has 6 rings (SSSR count). The van der Waals surface area contributed by atoms with Crippen LogP contribution >= 0.6 is 0 Å². The molecule has 2 aliphatic rings. The minimum Gasteiger partial charge on any atom is -0.445 e. The van der Waals surface area contributed by atoms with Crippen molar-refractivity contribution in [1.29, 1.82) is 0 Å². The smallest absolute Gasteiger partial charge is 0.407 e. The third-order valence-electron chi connectivity index (χ3n) is 14.0. The number of aromatic nitrogens is 1. The first-order valence-corrected chi connectivity index (χ1v) is 28.7. The Hall–Kier alpha value is -8.66. The second kappa shape index (κ2) is 32.1. The van der Waals surface area contributed by atoms with Crippen LogP contribution in [0.15, 0.2) is 89.6 Å². The summed E-state index contributed by atoms with van der Waals surface area (Å²) in [4.78, 5) is 117. The van der Waals surface area contributed by atoms with Gasteiger partial charge >= 0.3 is 12.1 Å². The number of anilines is 2. The van der Waals surface area contributed by atoms with Crippen molar-refractivity contribution in [2.45, 2.75) is 131 Å². The van der Waals surface area contributed by atoms with Crippen LogP contribution in [0.1, 0.15) is 141 Å². The molecule has 0 fully saturated rings. The van der Waals surface area contributed by atoms with Crippen LogP contribution in [0.3, 0.4) is 0 Å². The Morgan fingerprint density at radius 2 is 1.45 bits per heavy atom. The molecule has 3 aromatic carbocycles. The number of ether oxygens (including phenoxy) is 1. The zero-order valence-corrected chi connectivity index (χ0v) is 48.4. The fourth-order valence-electron chi connectivity index (χ4n) is 9.56. The van der Waals surface area contributed by atoms with E-state index < -0.39 is 36.0 Å². The van der Waals surface area contributed by atoms with Crippen molar-refractivity contribution in [3.8, 4) is 0 Å². The number of hydrogen-bond acceptors (Lipinski definition) is 13. The zero-order valence-electron chi connectivity index (χ0n) is 48.4. The summed E-state index contributed by atoms with van der Waals surface area (Å²) < 4.78 is 5.36. The SMILES string of the molecule is CCCCCC(=O)N[C@H](C(=O)N[C@@H](CCCNC(N)=O)C(=O)Nc1ccc(COC(=O)NCCNC(=O)c2ccc(CN3CCc4ncc(NC(=O)c5ccc6c(c5)N=C(N)CC(C(=O)N(CCC)CCC)=C6)cc4C3)cc2)cc1)C(C)C. The average molecular weight is 1140 g/mol. The molecule has 4 aromatic rings. The molecule has 0 saturated heterocycles. The summed E-state index contributed by atoms with van der Waals surface area (Å²) in [7, 11) is 0. The van der Waals surface area contributed by atoms with E-state index in [1.165, 1.54) is 0 Å². The molecule has 444 valence electrons. The molecule has 9 amide bonds. The Kier molecular flexibility index (Phi) is 24.6. The van der Waals surface area contributed by atoms with E-state index in [2.05, 4.69) is 52.1 Å². The molecule has 3 heterocycles. The minimum atomic E-state index is -0.997. The lowest BCUT2D eigenvalue weighted by atomic mass is 10.0. The first kappa shape index (κ1) is 63.5. The highest BCUT2D eigenvalue weighted by Crippen LogP contribution is 2.30. The van der Waals surface area contributed by atoms with Crippen LogP contribution in [0, 0.1) is 5.92 Å². The first-order chi connectivity index (χ1) is 39.9. The number of alkyl carbamates (subject to hydrolysis) is 1. The third kappa shape index (κ3) is 20.1. The molecule has 83 heavy (non-hydrogen) atoms. The van der Waals surface area contributed by atoms with Crippen molar-refractivity contribution in [3.05, 3.63) is 124 Å². The number of carbonyl (C=O) groups excluding carboxylic acids is 8. The van der Waals surface area contributed by atoms with Gasteiger partial charge in [0.25, 0.3) is 11.8 Å². The molecule has 0 spiro atoms. The van der Waals surface area contributed by atoms with Crippen molar-refractivity contribution >= 4 is 76.5 Å². The molecule has 2 aliphatic heterocycles. The average Bonchev–Trinajstić information content (AvgIpc) is 3.97. The maximum absolute atomic E-state index is 13.6. The summed E-state index contributed by atoms with van der Waals surface area (Å²) in [5.74, 6) is -1.88. The number of amides is 9. The summed E-state index contributed by atoms with van der Waals surface area (Å²) >= 11 is 0. The quantitative estimate of drug-likeness (QED) is 0.0261. The Morgan fingerprint density at radius 3 is 2.14 bits per heavy atom. The number of urea groups is 1. The molecule has 0 bridgehead atoms. The second-order valence-corrected chi connectivity index (χ2v) is 21.1. The van der Waals surface area contributed by atoms with Gasteiger partial charge in [-0.25, -0.2) is 14.6 Å². The highest BCUT2D eigenvalue weighted by molar-refractivity contribution is 6.08. The second-order valence-electron chi connectivity index (χ2n) is 21.1. The fraction of sp³-hybridized carbons (Fsp3) is 0.443. The number of nitrogens with zero attached hydrogens (tertiary/aromatic N) is 4. The molecule has 0 aliphatic carbocycles. The summed E-state index contributed by atoms with van der Waals surface area (Å²) in [5, 5.41) is 19.3. The van der Waals surface area contributed by atoms with E-state index in [0.29, 0.717) is 96.2 Å². The van der Waals surface area contributed by atoms with E-state index in [0.717, 1.165) is 55.5 Å². The van der Waals surface area contributed by atoms with E-state index in [4.69, 9.17) is 16.2 Å². The van der Waals surface area contributed by atoms with Crippen LogP contribution in [0.4, 0.5) is 26.7 Å². The van der Waals surface area contributed by atoms with Gasteiger partial charge in [-0.2, -0.15) is 0 Å². The number of unbranched alkanes of at least 4 members (excludes halogenated alkanes) is 2. The molecule has 1 aromatic heterocycles. The van der Waals surface area contributed by atoms with Crippen molar-refractivity contribution in [3.63, 3.8) is 0 Å². The number of nitrogens with two attached hydrogens (primary N) is 2. The van der Waals surface area contributed by atoms with Gasteiger partial charge in [0.2, 0.25) is 23.6 Å². The predicted octanol–water partition coefficient (Wildman–Crippen LogP) is 6.57. The van der Waals surface area contributed by atoms with E-state index in [-0.39, 0.29) is 68.6 Å². The first-order valence-electron chi connectivity index (χ1n) is 28.7. The lowest BCUT2D eigenvalue weighted by Crippen LogP contribution is -2.54. The van der Waals surface area contributed by atoms with Crippen LogP contribution in [-0.4, -0.2) is 120 Å². The van der Waals surface area contributed by atoms with Crippen LogP contribution in [-0.2, 0) is 50.0 Å². The third-order valence-corrected chi connectivity index (χ3v) is 14.0. The van der Waals surface area contributed by atoms with Gasteiger partial charge in [0.15, 0.2) is 0 Å². The summed E-state index contributed by atoms with van der Waals surface area (Å²) in [5.41, 5.74) is 18.7. The Bertz CT molecular complexity index is 2980. The van der Waals surface area contributed by atoms with Crippen LogP contribution in [0.25, 0.3) is 6.08 Å². The number of pyridine rings is 1.